The Morgan fingerprint density at radius 2 is 1.83 bits per heavy atom. The monoisotopic (exact) mass is 408 g/mol. The number of aliphatic carboxylic acids is 1. The van der Waals surface area contributed by atoms with E-state index >= 15 is 0 Å². The van der Waals surface area contributed by atoms with Crippen LogP contribution in [0.1, 0.15) is 28.5 Å². The average Bonchev–Trinajstić information content (AvgIpc) is 2.99. The van der Waals surface area contributed by atoms with Crippen molar-refractivity contribution in [3.63, 3.8) is 0 Å². The van der Waals surface area contributed by atoms with E-state index in [9.17, 15) is 27.9 Å². The predicted octanol–water partition coefficient (Wildman–Crippen LogP) is 3.70. The van der Waals surface area contributed by atoms with Crippen molar-refractivity contribution in [2.75, 3.05) is 0 Å². The summed E-state index contributed by atoms with van der Waals surface area (Å²) in [7, 11) is 0. The zero-order valence-electron chi connectivity index (χ0n) is 14.7. The Hall–Kier alpha value is -3.53. The maximum absolute atomic E-state index is 12.6. The fourth-order valence-electron chi connectivity index (χ4n) is 3.01. The standard InChI is InChI=1S/C19H15F3N2O5/c20-19(21,22)29-13-5-4-11-7-16(18(27)28)24(15(11)8-13)12-3-1-2-10(6-12)14(23)9-17(25)26/h1-8,14H,9,23H2,(H,25,26)(H,27,28)/t14-/m1/s1. The Bertz CT molecular complexity index is 1090. The van der Waals surface area contributed by atoms with Crippen LogP contribution < -0.4 is 10.5 Å². The van der Waals surface area contributed by atoms with Gasteiger partial charge in [0.2, 0.25) is 0 Å². The quantitative estimate of drug-likeness (QED) is 0.573. The van der Waals surface area contributed by atoms with E-state index in [1.807, 2.05) is 0 Å². The minimum Gasteiger partial charge on any atom is -0.481 e. The Balaban J connectivity index is 2.16. The number of alkyl halides is 3. The van der Waals surface area contributed by atoms with E-state index in [2.05, 4.69) is 4.74 Å². The second kappa shape index (κ2) is 7.47. The van der Waals surface area contributed by atoms with Crippen LogP contribution in [0.4, 0.5) is 13.2 Å². The number of fused-ring (bicyclic) bond motifs is 1. The van der Waals surface area contributed by atoms with Gasteiger partial charge in [-0.05, 0) is 35.9 Å². The molecule has 3 aromatic rings. The third-order valence-electron chi connectivity index (χ3n) is 4.18. The number of carboxylic acids is 2. The molecule has 3 rings (SSSR count). The first-order chi connectivity index (χ1) is 13.5. The molecule has 7 nitrogen and oxygen atoms in total. The number of hydrogen-bond donors (Lipinski definition) is 3. The summed E-state index contributed by atoms with van der Waals surface area (Å²) < 4.78 is 42.9. The van der Waals surface area contributed by atoms with Crippen LogP contribution in [0.15, 0.2) is 48.5 Å². The van der Waals surface area contributed by atoms with E-state index in [0.717, 1.165) is 12.1 Å². The minimum atomic E-state index is -4.90. The summed E-state index contributed by atoms with van der Waals surface area (Å²) in [4.78, 5) is 22.6. The molecule has 10 heteroatoms. The molecule has 0 aliphatic heterocycles. The number of nitrogens with two attached hydrogens (primary N) is 1. The van der Waals surface area contributed by atoms with E-state index in [0.29, 0.717) is 16.6 Å². The van der Waals surface area contributed by atoms with Crippen LogP contribution >= 0.6 is 0 Å². The number of benzene rings is 2. The van der Waals surface area contributed by atoms with E-state index in [-0.39, 0.29) is 17.6 Å². The third kappa shape index (κ3) is 4.49. The van der Waals surface area contributed by atoms with Crippen LogP contribution in [0.25, 0.3) is 16.6 Å². The highest BCUT2D eigenvalue weighted by atomic mass is 19.4. The number of rotatable bonds is 6. The molecule has 0 fully saturated rings. The SMILES string of the molecule is N[C@H](CC(=O)O)c1cccc(-n2c(C(=O)O)cc3ccc(OC(F)(F)F)cc32)c1. The fraction of sp³-hybridized carbons (Fsp3) is 0.158. The molecule has 0 amide bonds. The van der Waals surface area contributed by atoms with Crippen molar-refractivity contribution in [2.45, 2.75) is 18.8 Å². The highest BCUT2D eigenvalue weighted by Gasteiger charge is 2.31. The van der Waals surface area contributed by atoms with Crippen LogP contribution in [0.5, 0.6) is 5.75 Å². The van der Waals surface area contributed by atoms with Crippen LogP contribution in [0, 0.1) is 0 Å². The number of aromatic carboxylic acids is 1. The predicted molar refractivity (Wildman–Crippen MR) is 96.1 cm³/mol. The first-order valence-corrected chi connectivity index (χ1v) is 8.27. The van der Waals surface area contributed by atoms with Gasteiger partial charge < -0.3 is 25.3 Å². The molecule has 2 aromatic carbocycles. The Kier molecular flexibility index (Phi) is 5.21. The van der Waals surface area contributed by atoms with Gasteiger partial charge in [-0.15, -0.1) is 13.2 Å². The highest BCUT2D eigenvalue weighted by molar-refractivity contribution is 5.96. The topological polar surface area (TPSA) is 115 Å². The summed E-state index contributed by atoms with van der Waals surface area (Å²) in [6, 6.07) is 10.1. The van der Waals surface area contributed by atoms with Gasteiger partial charge in [0.05, 0.1) is 11.9 Å². The van der Waals surface area contributed by atoms with Crippen LogP contribution in [-0.4, -0.2) is 33.1 Å². The van der Waals surface area contributed by atoms with Gasteiger partial charge >= 0.3 is 18.3 Å². The summed E-state index contributed by atoms with van der Waals surface area (Å²) in [5, 5.41) is 18.8. The van der Waals surface area contributed by atoms with Crippen molar-refractivity contribution in [1.29, 1.82) is 0 Å². The molecule has 152 valence electrons. The maximum atomic E-state index is 12.6. The second-order valence-electron chi connectivity index (χ2n) is 6.24. The number of aromatic nitrogens is 1. The molecular weight excluding hydrogens is 393 g/mol. The van der Waals surface area contributed by atoms with Crippen LogP contribution in [0.2, 0.25) is 0 Å². The number of carboxylic acid groups (broad SMARTS) is 2. The molecule has 1 atom stereocenters. The van der Waals surface area contributed by atoms with Crippen LogP contribution in [-0.2, 0) is 4.79 Å². The molecule has 0 aliphatic rings. The second-order valence-corrected chi connectivity index (χ2v) is 6.24. The van der Waals surface area contributed by atoms with E-state index in [4.69, 9.17) is 10.8 Å². The van der Waals surface area contributed by atoms with Gasteiger partial charge in [0, 0.05) is 23.2 Å². The molecule has 0 radical (unpaired) electrons. The van der Waals surface area contributed by atoms with Gasteiger partial charge in [0.1, 0.15) is 11.4 Å². The first-order valence-electron chi connectivity index (χ1n) is 8.27. The van der Waals surface area contributed by atoms with Crippen molar-refractivity contribution in [1.82, 2.24) is 4.57 Å². The van der Waals surface area contributed by atoms with Crippen molar-refractivity contribution in [3.8, 4) is 11.4 Å². The van der Waals surface area contributed by atoms with Gasteiger partial charge in [0.15, 0.2) is 0 Å². The van der Waals surface area contributed by atoms with Gasteiger partial charge in [-0.1, -0.05) is 12.1 Å². The van der Waals surface area contributed by atoms with Crippen molar-refractivity contribution in [2.24, 2.45) is 5.73 Å². The summed E-state index contributed by atoms with van der Waals surface area (Å²) in [6.07, 6.45) is -5.24. The van der Waals surface area contributed by atoms with Gasteiger partial charge in [-0.2, -0.15) is 0 Å². The van der Waals surface area contributed by atoms with Crippen molar-refractivity contribution in [3.05, 3.63) is 59.8 Å². The Labute approximate surface area is 161 Å². The molecule has 0 saturated carbocycles. The lowest BCUT2D eigenvalue weighted by Crippen LogP contribution is -2.17. The normalized spacial score (nSPS) is 12.7. The molecule has 1 aromatic heterocycles. The summed E-state index contributed by atoms with van der Waals surface area (Å²) in [5.41, 5.74) is 6.60. The molecule has 0 unspecified atom stereocenters. The van der Waals surface area contributed by atoms with E-state index in [1.54, 1.807) is 18.2 Å². The van der Waals surface area contributed by atoms with E-state index in [1.165, 1.54) is 22.8 Å². The fourth-order valence-corrected chi connectivity index (χ4v) is 3.01. The zero-order valence-corrected chi connectivity index (χ0v) is 14.7. The van der Waals surface area contributed by atoms with E-state index < -0.39 is 30.1 Å². The maximum Gasteiger partial charge on any atom is 0.573 e. The average molecular weight is 408 g/mol. The minimum absolute atomic E-state index is 0.174. The molecule has 0 bridgehead atoms. The highest BCUT2D eigenvalue weighted by Crippen LogP contribution is 2.31. The largest absolute Gasteiger partial charge is 0.573 e. The molecule has 0 spiro atoms. The molecule has 0 saturated heterocycles. The lowest BCUT2D eigenvalue weighted by atomic mass is 10.0. The first kappa shape index (κ1) is 20.2. The molecular formula is C19H15F3N2O5. The van der Waals surface area contributed by atoms with Crippen molar-refractivity contribution < 1.29 is 37.7 Å². The molecule has 0 aliphatic carbocycles. The van der Waals surface area contributed by atoms with Crippen molar-refractivity contribution >= 4 is 22.8 Å². The Morgan fingerprint density at radius 3 is 2.45 bits per heavy atom. The molecule has 1 heterocycles. The van der Waals surface area contributed by atoms with Crippen LogP contribution in [0.3, 0.4) is 0 Å². The number of nitrogens with zero attached hydrogens (tertiary/aromatic N) is 1. The van der Waals surface area contributed by atoms with Gasteiger partial charge in [0.25, 0.3) is 0 Å². The lowest BCUT2D eigenvalue weighted by molar-refractivity contribution is -0.274. The van der Waals surface area contributed by atoms with Gasteiger partial charge in [-0.25, -0.2) is 4.79 Å². The number of ether oxygens (including phenoxy) is 1. The number of hydrogen-bond acceptors (Lipinski definition) is 4. The molecule has 4 N–H and O–H groups in total. The summed E-state index contributed by atoms with van der Waals surface area (Å²) in [6.45, 7) is 0. The molecule has 29 heavy (non-hydrogen) atoms. The Morgan fingerprint density at radius 1 is 1.10 bits per heavy atom. The van der Waals surface area contributed by atoms with Gasteiger partial charge in [-0.3, -0.25) is 4.79 Å². The number of carbonyl (C=O) groups is 2. The summed E-state index contributed by atoms with van der Waals surface area (Å²) >= 11 is 0. The zero-order chi connectivity index (χ0) is 21.3. The lowest BCUT2D eigenvalue weighted by Gasteiger charge is -2.14. The smallest absolute Gasteiger partial charge is 0.481 e. The third-order valence-corrected chi connectivity index (χ3v) is 4.18. The number of halogens is 3. The summed E-state index contributed by atoms with van der Waals surface area (Å²) in [5.74, 6) is -2.89.